The van der Waals surface area contributed by atoms with Crippen LogP contribution in [-0.2, 0) is 38.8 Å². The van der Waals surface area contributed by atoms with Gasteiger partial charge < -0.3 is 34.1 Å². The third-order valence-electron chi connectivity index (χ3n) is 10.4. The van der Waals surface area contributed by atoms with Crippen molar-refractivity contribution in [3.05, 3.63) is 94.5 Å². The van der Waals surface area contributed by atoms with Gasteiger partial charge >= 0.3 is 5.97 Å². The molecule has 0 radical (unpaired) electrons. The summed E-state index contributed by atoms with van der Waals surface area (Å²) in [6.07, 6.45) is 2.07. The van der Waals surface area contributed by atoms with Crippen molar-refractivity contribution >= 4 is 34.5 Å². The normalized spacial score (nSPS) is 20.3. The molecule has 3 fully saturated rings. The highest BCUT2D eigenvalue weighted by Crippen LogP contribution is 2.30. The highest BCUT2D eigenvalue weighted by Gasteiger charge is 2.39. The zero-order chi connectivity index (χ0) is 37.8. The summed E-state index contributed by atoms with van der Waals surface area (Å²) in [6.45, 7) is 10.4. The SMILES string of the molecule is [C-]#[N+]c1ccc(COc2cccc(C3CCN(Cc4nc5cc(C(=O)NCC(=O)N6C[C@@H](O)C[C@H]6C(=O)OC)ccc5n4C[C@@H]4CCO4)CC3)n2)c(F)c1. The molecule has 282 valence electrons. The summed E-state index contributed by atoms with van der Waals surface area (Å²) in [6, 6.07) is 14.4. The quantitative estimate of drug-likeness (QED) is 0.162. The fraction of sp³-hybridized carbons (Fsp3) is 0.436. The molecule has 14 nitrogen and oxygen atoms in total. The van der Waals surface area contributed by atoms with Gasteiger partial charge in [0.2, 0.25) is 11.8 Å². The molecule has 2 aromatic carbocycles. The second-order valence-corrected chi connectivity index (χ2v) is 13.9. The van der Waals surface area contributed by atoms with Gasteiger partial charge in [0, 0.05) is 48.4 Å². The van der Waals surface area contributed by atoms with Crippen molar-refractivity contribution in [3.8, 4) is 5.88 Å². The van der Waals surface area contributed by atoms with Crippen molar-refractivity contribution in [2.24, 2.45) is 0 Å². The first-order valence-electron chi connectivity index (χ1n) is 18.1. The monoisotopic (exact) mass is 739 g/mol. The van der Waals surface area contributed by atoms with Gasteiger partial charge in [0.25, 0.3) is 5.91 Å². The Kier molecular flexibility index (Phi) is 11.1. The number of esters is 1. The molecule has 2 N–H and O–H groups in total. The Hall–Kier alpha value is -5.43. The van der Waals surface area contributed by atoms with Gasteiger partial charge in [-0.3, -0.25) is 14.5 Å². The van der Waals surface area contributed by atoms with E-state index in [-0.39, 0.29) is 43.8 Å². The first-order chi connectivity index (χ1) is 26.2. The molecule has 0 unspecified atom stereocenters. The number of fused-ring (bicyclic) bond motifs is 1. The number of nitrogens with one attached hydrogen (secondary N) is 1. The molecular weight excluding hydrogens is 697 g/mol. The number of imidazole rings is 1. The molecule has 0 bridgehead atoms. The molecule has 3 saturated heterocycles. The number of hydrogen-bond acceptors (Lipinski definition) is 10. The van der Waals surface area contributed by atoms with E-state index in [1.165, 1.54) is 18.1 Å². The largest absolute Gasteiger partial charge is 0.473 e. The number of aromatic nitrogens is 3. The molecule has 2 amide bonds. The summed E-state index contributed by atoms with van der Waals surface area (Å²) in [4.78, 5) is 54.7. The minimum absolute atomic E-state index is 0.00598. The molecule has 3 aliphatic heterocycles. The zero-order valence-electron chi connectivity index (χ0n) is 29.9. The Bertz CT molecular complexity index is 2070. The predicted octanol–water partition coefficient (Wildman–Crippen LogP) is 3.73. The van der Waals surface area contributed by atoms with Crippen LogP contribution in [0.5, 0.6) is 5.88 Å². The number of carbonyl (C=O) groups excluding carboxylic acids is 3. The van der Waals surface area contributed by atoms with Crippen molar-refractivity contribution in [2.75, 3.05) is 39.9 Å². The zero-order valence-corrected chi connectivity index (χ0v) is 29.9. The first-order valence-corrected chi connectivity index (χ1v) is 18.1. The number of aliphatic hydroxyl groups is 1. The van der Waals surface area contributed by atoms with E-state index < -0.39 is 35.7 Å². The summed E-state index contributed by atoms with van der Waals surface area (Å²) in [5.41, 5.74) is 3.43. The van der Waals surface area contributed by atoms with Gasteiger partial charge in [0.1, 0.15) is 24.3 Å². The fourth-order valence-electron chi connectivity index (χ4n) is 7.29. The summed E-state index contributed by atoms with van der Waals surface area (Å²) < 4.78 is 32.9. The molecule has 7 rings (SSSR count). The van der Waals surface area contributed by atoms with Crippen LogP contribution in [0.2, 0.25) is 0 Å². The van der Waals surface area contributed by atoms with Gasteiger partial charge in [0.05, 0.1) is 56.6 Å². The lowest BCUT2D eigenvalue weighted by atomic mass is 9.93. The number of piperidine rings is 1. The van der Waals surface area contributed by atoms with Crippen LogP contribution in [0.25, 0.3) is 15.9 Å². The number of nitrogens with zero attached hydrogens (tertiary/aromatic N) is 6. The average Bonchev–Trinajstić information content (AvgIpc) is 3.73. The number of pyridine rings is 1. The molecule has 15 heteroatoms. The fourth-order valence-corrected chi connectivity index (χ4v) is 7.29. The Labute approximate surface area is 311 Å². The van der Waals surface area contributed by atoms with Gasteiger partial charge in [-0.15, -0.1) is 0 Å². The van der Waals surface area contributed by atoms with Gasteiger partial charge in [0.15, 0.2) is 5.69 Å². The van der Waals surface area contributed by atoms with Crippen LogP contribution >= 0.6 is 0 Å². The third-order valence-corrected chi connectivity index (χ3v) is 10.4. The number of halogens is 1. The number of aliphatic hydroxyl groups excluding tert-OH is 1. The van der Waals surface area contributed by atoms with E-state index in [0.717, 1.165) is 56.0 Å². The second kappa shape index (κ2) is 16.3. The number of amides is 2. The summed E-state index contributed by atoms with van der Waals surface area (Å²) in [7, 11) is 1.23. The maximum absolute atomic E-state index is 14.4. The van der Waals surface area contributed by atoms with E-state index >= 15 is 0 Å². The Morgan fingerprint density at radius 1 is 1.09 bits per heavy atom. The molecule has 4 aromatic rings. The standard InChI is InChI=1S/C39H42FN7O7/c1-41-27-8-6-26(30(40)17-27)23-54-36-5-3-4-31(44-36)24-10-13-45(14-11-24)22-35-43-32-16-25(7-9-33(32)46(35)21-29-12-15-53-29)38(50)42-19-37(49)47-20-28(48)18-34(47)39(51)52-2/h3-9,16-17,24,28-29,34,48H,10-15,18-23H2,2H3,(H,42,50)/t28-,29-,34-/m0/s1. The minimum atomic E-state index is -0.887. The van der Waals surface area contributed by atoms with Crippen molar-refractivity contribution in [1.29, 1.82) is 0 Å². The van der Waals surface area contributed by atoms with E-state index in [1.807, 2.05) is 18.2 Å². The van der Waals surface area contributed by atoms with Gasteiger partial charge in [-0.1, -0.05) is 18.2 Å². The summed E-state index contributed by atoms with van der Waals surface area (Å²) >= 11 is 0. The number of methoxy groups -OCH3 is 1. The van der Waals surface area contributed by atoms with E-state index in [2.05, 4.69) is 19.6 Å². The maximum Gasteiger partial charge on any atom is 0.328 e. The summed E-state index contributed by atoms with van der Waals surface area (Å²) in [5.74, 6) is -0.492. The highest BCUT2D eigenvalue weighted by atomic mass is 19.1. The number of rotatable bonds is 12. The lowest BCUT2D eigenvalue weighted by Gasteiger charge is -2.32. The van der Waals surface area contributed by atoms with Gasteiger partial charge in [-0.05, 0) is 62.7 Å². The van der Waals surface area contributed by atoms with Crippen molar-refractivity contribution in [3.63, 3.8) is 0 Å². The molecule has 54 heavy (non-hydrogen) atoms. The van der Waals surface area contributed by atoms with Crippen LogP contribution in [0.3, 0.4) is 0 Å². The number of carbonyl (C=O) groups is 3. The van der Waals surface area contributed by atoms with Crippen molar-refractivity contribution in [1.82, 2.24) is 29.7 Å². The Morgan fingerprint density at radius 3 is 2.63 bits per heavy atom. The number of hydrogen-bond donors (Lipinski definition) is 2. The van der Waals surface area contributed by atoms with Gasteiger partial charge in [-0.2, -0.15) is 0 Å². The predicted molar refractivity (Wildman–Crippen MR) is 193 cm³/mol. The highest BCUT2D eigenvalue weighted by molar-refractivity contribution is 5.99. The van der Waals surface area contributed by atoms with Crippen LogP contribution in [-0.4, -0.2) is 105 Å². The third kappa shape index (κ3) is 8.20. The molecule has 5 heterocycles. The lowest BCUT2D eigenvalue weighted by molar-refractivity contribution is -0.150. The molecular formula is C39H42FN7O7. The number of benzene rings is 2. The smallest absolute Gasteiger partial charge is 0.328 e. The Balaban J connectivity index is 0.978. The van der Waals surface area contributed by atoms with E-state index in [1.54, 1.807) is 30.3 Å². The summed E-state index contributed by atoms with van der Waals surface area (Å²) in [5, 5.41) is 12.7. The van der Waals surface area contributed by atoms with Crippen LogP contribution < -0.4 is 10.1 Å². The van der Waals surface area contributed by atoms with Crippen LogP contribution in [0, 0.1) is 12.4 Å². The van der Waals surface area contributed by atoms with E-state index in [9.17, 15) is 23.9 Å². The maximum atomic E-state index is 14.4. The molecule has 3 aliphatic rings. The molecule has 0 saturated carbocycles. The van der Waals surface area contributed by atoms with Crippen LogP contribution in [0.4, 0.5) is 10.1 Å². The number of likely N-dealkylation sites (tertiary alicyclic amines) is 2. The topological polar surface area (TPSA) is 153 Å². The van der Waals surface area contributed by atoms with Crippen LogP contribution in [0.1, 0.15) is 59.0 Å². The molecule has 3 atom stereocenters. The molecule has 0 spiro atoms. The number of β-amino-alcohol motifs (C(OH)–C–C–N with tert-alkyl or cyclic N) is 1. The van der Waals surface area contributed by atoms with Crippen molar-refractivity contribution in [2.45, 2.75) is 69.5 Å². The van der Waals surface area contributed by atoms with E-state index in [4.69, 9.17) is 30.8 Å². The minimum Gasteiger partial charge on any atom is -0.473 e. The molecule has 0 aliphatic carbocycles. The Morgan fingerprint density at radius 2 is 1.91 bits per heavy atom. The average molecular weight is 740 g/mol. The number of ether oxygens (including phenoxy) is 3. The first kappa shape index (κ1) is 36.9. The second-order valence-electron chi connectivity index (χ2n) is 13.9. The van der Waals surface area contributed by atoms with Crippen molar-refractivity contribution < 1.29 is 38.1 Å². The van der Waals surface area contributed by atoms with Gasteiger partial charge in [-0.25, -0.2) is 24.0 Å². The molecule has 2 aromatic heterocycles. The van der Waals surface area contributed by atoms with Crippen LogP contribution in [0.15, 0.2) is 54.6 Å². The van der Waals surface area contributed by atoms with E-state index in [0.29, 0.717) is 35.6 Å². The lowest BCUT2D eigenvalue weighted by Crippen LogP contribution is -2.46.